The molecule has 3 N–H and O–H groups in total. The smallest absolute Gasteiger partial charge is 0.300 e. The Morgan fingerprint density at radius 3 is 2.48 bits per heavy atom. The minimum absolute atomic E-state index is 0.000953. The average Bonchev–Trinajstić information content (AvgIpc) is 4.12. The number of ether oxygens (including phenoxy) is 5. The molecule has 0 radical (unpaired) electrons. The number of methoxy groups -OCH3 is 1. The van der Waals surface area contributed by atoms with Gasteiger partial charge >= 0.3 is 5.69 Å². The maximum absolute atomic E-state index is 14.7. The number of aromatic nitrogens is 4. The van der Waals surface area contributed by atoms with Gasteiger partial charge in [0.2, 0.25) is 11.8 Å². The molecule has 1 amide bonds. The van der Waals surface area contributed by atoms with Crippen LogP contribution < -0.4 is 38.9 Å². The Morgan fingerprint density at radius 1 is 0.902 bits per heavy atom. The molecule has 6 aliphatic heterocycles. The lowest BCUT2D eigenvalue weighted by molar-refractivity contribution is -0.384. The number of sulfonamides is 1. The number of H-pyrrole nitrogens is 1. The SMILES string of the molecule is COc1cc(CN2CCN(C3CC4(CCN(c5ccc(C(=O)NS(=O)(=O)c6cc([N+](=O)[O-])c7c(n6)OC[C@@H](C6CCOCC6)N7)c(N6C[C@@H](C)Oc7nc8[nH]ccc8cc76)c5)CC4)C3)[C@H](c3ccccc3C)C2)cnc1N1CCOCC1. The Labute approximate surface area is 476 Å². The molecule has 4 aromatic heterocycles. The number of carbonyl (C=O) groups excluding carboxylic acids is 1. The van der Waals surface area contributed by atoms with E-state index in [1.54, 1.807) is 19.4 Å². The summed E-state index contributed by atoms with van der Waals surface area (Å²) in [6.07, 6.45) is 9.20. The number of aromatic amines is 1. The van der Waals surface area contributed by atoms with Crippen LogP contribution >= 0.6 is 0 Å². The molecule has 23 heteroatoms. The van der Waals surface area contributed by atoms with Crippen LogP contribution in [0.2, 0.25) is 0 Å². The van der Waals surface area contributed by atoms with Gasteiger partial charge in [-0.25, -0.2) is 9.71 Å². The molecule has 6 aromatic rings. The van der Waals surface area contributed by atoms with E-state index in [1.807, 2.05) is 42.3 Å². The normalized spacial score (nSPS) is 22.6. The highest BCUT2D eigenvalue weighted by Crippen LogP contribution is 2.54. The molecule has 1 saturated carbocycles. The van der Waals surface area contributed by atoms with Crippen molar-refractivity contribution in [2.45, 2.75) is 88.2 Å². The number of anilines is 5. The first-order valence-corrected chi connectivity index (χ1v) is 30.2. The van der Waals surface area contributed by atoms with E-state index in [-0.39, 0.29) is 53.3 Å². The lowest BCUT2D eigenvalue weighted by Crippen LogP contribution is -2.59. The predicted molar refractivity (Wildman–Crippen MR) is 308 cm³/mol. The standard InChI is InChI=1S/C59H70N12O10S/c1-37-6-4-5-7-44(37)50-35-66(34-39-26-51(77-3)55(61-32-39)68-20-24-79-25-21-68)18-19-69(50)43-30-59(31-43)13-16-67(17-14-59)42-8-9-45(47(28-42)70-33-38(2)81-57-49(70)27-41-10-15-60-54(41)64-57)56(72)65-82(75,76)52-29-48(71(73)74)53-58(63-52)80-36-46(62-53)40-11-22-78-23-12-40/h4-10,15,26-29,32,38,40,43,46,50,62H,11-14,16-25,30-31,33-36H2,1-3H3,(H,60,64)(H,65,72)/t38-,46+,50+/m1/s1. The van der Waals surface area contributed by atoms with Crippen molar-refractivity contribution in [2.75, 3.05) is 113 Å². The fourth-order valence-corrected chi connectivity index (χ4v) is 14.6. The third kappa shape index (κ3) is 10.5. The molecule has 13 rings (SSSR count). The van der Waals surface area contributed by atoms with Gasteiger partial charge in [0.25, 0.3) is 15.9 Å². The molecule has 1 spiro atoms. The number of nitrogens with zero attached hydrogens (tertiary/aromatic N) is 9. The molecule has 22 nitrogen and oxygen atoms in total. The molecule has 0 bridgehead atoms. The number of fused-ring (bicyclic) bond motifs is 3. The van der Waals surface area contributed by atoms with Crippen molar-refractivity contribution in [1.29, 1.82) is 0 Å². The molecule has 4 saturated heterocycles. The number of pyridine rings is 3. The van der Waals surface area contributed by atoms with Gasteiger partial charge in [-0.1, -0.05) is 24.3 Å². The van der Waals surface area contributed by atoms with Gasteiger partial charge in [-0.2, -0.15) is 18.4 Å². The van der Waals surface area contributed by atoms with E-state index in [0.717, 1.165) is 125 Å². The second kappa shape index (κ2) is 22.1. The van der Waals surface area contributed by atoms with Gasteiger partial charge in [-0.3, -0.25) is 24.7 Å². The van der Waals surface area contributed by atoms with Crippen LogP contribution in [0.5, 0.6) is 17.5 Å². The van der Waals surface area contributed by atoms with Gasteiger partial charge in [0, 0.05) is 101 Å². The van der Waals surface area contributed by atoms with Crippen LogP contribution in [-0.4, -0.2) is 160 Å². The van der Waals surface area contributed by atoms with Gasteiger partial charge < -0.3 is 48.7 Å². The number of morpholine rings is 1. The zero-order valence-electron chi connectivity index (χ0n) is 46.6. The van der Waals surface area contributed by atoms with Crippen LogP contribution in [0.25, 0.3) is 11.0 Å². The molecule has 10 heterocycles. The third-order valence-corrected chi connectivity index (χ3v) is 19.3. The molecule has 2 aromatic carbocycles. The quantitative estimate of drug-likeness (QED) is 0.0757. The zero-order chi connectivity index (χ0) is 56.3. The molecule has 1 aliphatic carbocycles. The first-order valence-electron chi connectivity index (χ1n) is 28.7. The molecule has 7 aliphatic rings. The fraction of sp³-hybridized carbons (Fsp3) is 0.492. The van der Waals surface area contributed by atoms with E-state index in [1.165, 1.54) is 11.1 Å². The molecule has 0 unspecified atom stereocenters. The van der Waals surface area contributed by atoms with Crippen molar-refractivity contribution in [1.82, 2.24) is 34.5 Å². The first kappa shape index (κ1) is 54.0. The summed E-state index contributed by atoms with van der Waals surface area (Å²) in [5.74, 6) is 1.03. The first-order chi connectivity index (χ1) is 39.8. The molecule has 82 heavy (non-hydrogen) atoms. The zero-order valence-corrected chi connectivity index (χ0v) is 47.4. The Bertz CT molecular complexity index is 3500. The number of piperazine rings is 1. The Kier molecular flexibility index (Phi) is 14.6. The largest absolute Gasteiger partial charge is 0.493 e. The van der Waals surface area contributed by atoms with Gasteiger partial charge in [0.05, 0.1) is 55.2 Å². The van der Waals surface area contributed by atoms with Crippen LogP contribution in [0.15, 0.2) is 84.1 Å². The molecular formula is C59H70N12O10S. The monoisotopic (exact) mass is 1140 g/mol. The summed E-state index contributed by atoms with van der Waals surface area (Å²) in [6, 6.07) is 21.6. The maximum atomic E-state index is 14.7. The minimum atomic E-state index is -4.79. The minimum Gasteiger partial charge on any atom is -0.493 e. The highest BCUT2D eigenvalue weighted by atomic mass is 32.2. The number of aryl methyl sites for hydroxylation is 1. The number of carbonyl (C=O) groups is 1. The number of hydrogen-bond acceptors (Lipinski definition) is 19. The van der Waals surface area contributed by atoms with E-state index in [0.29, 0.717) is 61.9 Å². The van der Waals surface area contributed by atoms with Crippen LogP contribution in [0.4, 0.5) is 34.3 Å². The number of rotatable bonds is 13. The van der Waals surface area contributed by atoms with Crippen LogP contribution in [0, 0.1) is 28.4 Å². The van der Waals surface area contributed by atoms with Crippen molar-refractivity contribution in [3.63, 3.8) is 0 Å². The topological polar surface area (TPSA) is 235 Å². The summed E-state index contributed by atoms with van der Waals surface area (Å²) in [6.45, 7) is 13.9. The van der Waals surface area contributed by atoms with Gasteiger partial charge in [-0.05, 0) is 117 Å². The van der Waals surface area contributed by atoms with Crippen LogP contribution in [0.3, 0.4) is 0 Å². The second-order valence-corrected chi connectivity index (χ2v) is 24.8. The van der Waals surface area contributed by atoms with Gasteiger partial charge in [0.1, 0.15) is 24.0 Å². The summed E-state index contributed by atoms with van der Waals surface area (Å²) in [4.78, 5) is 55.5. The van der Waals surface area contributed by atoms with Crippen molar-refractivity contribution in [3.8, 4) is 17.5 Å². The summed E-state index contributed by atoms with van der Waals surface area (Å²) in [5, 5.41) is 15.8. The number of amides is 1. The number of piperidine rings is 1. The van der Waals surface area contributed by atoms with Crippen LogP contribution in [0.1, 0.15) is 78.5 Å². The van der Waals surface area contributed by atoms with E-state index >= 15 is 0 Å². The van der Waals surface area contributed by atoms with E-state index in [9.17, 15) is 23.3 Å². The highest BCUT2D eigenvalue weighted by Gasteiger charge is 2.50. The summed E-state index contributed by atoms with van der Waals surface area (Å²) < 4.78 is 59.9. The lowest BCUT2D eigenvalue weighted by Gasteiger charge is -2.58. The Balaban J connectivity index is 0.728. The highest BCUT2D eigenvalue weighted by molar-refractivity contribution is 7.90. The van der Waals surface area contributed by atoms with Crippen molar-refractivity contribution >= 4 is 61.2 Å². The fourth-order valence-electron chi connectivity index (χ4n) is 13.7. The number of nitrogens with one attached hydrogen (secondary N) is 3. The number of benzene rings is 2. The van der Waals surface area contributed by atoms with Crippen LogP contribution in [-0.2, 0) is 26.0 Å². The summed E-state index contributed by atoms with van der Waals surface area (Å²) in [5.41, 5.74) is 6.19. The van der Waals surface area contributed by atoms with Crippen molar-refractivity contribution < 1.29 is 41.8 Å². The summed E-state index contributed by atoms with van der Waals surface area (Å²) >= 11 is 0. The van der Waals surface area contributed by atoms with E-state index in [2.05, 4.69) is 76.9 Å². The number of hydrogen-bond donors (Lipinski definition) is 3. The number of nitro groups is 1. The Hall–Kier alpha value is -7.31. The molecular weight excluding hydrogens is 1070 g/mol. The van der Waals surface area contributed by atoms with Gasteiger partial charge in [-0.15, -0.1) is 0 Å². The molecule has 5 fully saturated rings. The molecule has 3 atom stereocenters. The predicted octanol–water partition coefficient (Wildman–Crippen LogP) is 7.36. The summed E-state index contributed by atoms with van der Waals surface area (Å²) in [7, 11) is -3.07. The Morgan fingerprint density at radius 2 is 1.70 bits per heavy atom. The lowest BCUT2D eigenvalue weighted by atomic mass is 9.59. The maximum Gasteiger partial charge on any atom is 0.300 e. The molecule has 432 valence electrons. The van der Waals surface area contributed by atoms with Crippen molar-refractivity contribution in [3.05, 3.63) is 111 Å². The second-order valence-electron chi connectivity index (χ2n) is 23.2. The van der Waals surface area contributed by atoms with Gasteiger partial charge in [0.15, 0.2) is 22.3 Å². The average molecular weight is 1140 g/mol. The van der Waals surface area contributed by atoms with E-state index in [4.69, 9.17) is 33.7 Å². The van der Waals surface area contributed by atoms with Crippen molar-refractivity contribution in [2.24, 2.45) is 11.3 Å². The van der Waals surface area contributed by atoms with E-state index < -0.39 is 31.6 Å². The third-order valence-electron chi connectivity index (χ3n) is 18.1.